The van der Waals surface area contributed by atoms with E-state index in [2.05, 4.69) is 11.4 Å². The Morgan fingerprint density at radius 2 is 2.31 bits per heavy atom. The predicted octanol–water partition coefficient (Wildman–Crippen LogP) is 2.66. The lowest BCUT2D eigenvalue weighted by atomic mass is 10.1. The van der Waals surface area contributed by atoms with Gasteiger partial charge in [-0.2, -0.15) is 5.26 Å². The van der Waals surface area contributed by atoms with E-state index >= 15 is 0 Å². The van der Waals surface area contributed by atoms with Crippen molar-refractivity contribution < 1.29 is 4.74 Å². The van der Waals surface area contributed by atoms with E-state index in [0.717, 1.165) is 25.1 Å². The summed E-state index contributed by atoms with van der Waals surface area (Å²) in [7, 11) is 0. The predicted molar refractivity (Wildman–Crippen MR) is 62.9 cm³/mol. The normalized spacial score (nSPS) is 18.6. The maximum absolute atomic E-state index is 8.92. The molecule has 1 atom stereocenters. The molecule has 0 spiro atoms. The Balaban J connectivity index is 1.94. The van der Waals surface area contributed by atoms with E-state index in [-0.39, 0.29) is 6.10 Å². The molecule has 16 heavy (non-hydrogen) atoms. The van der Waals surface area contributed by atoms with Crippen LogP contribution >= 0.6 is 0 Å². The molecule has 0 saturated heterocycles. The number of ether oxygens (including phenoxy) is 1. The highest BCUT2D eigenvalue weighted by Gasteiger charge is 2.11. The average molecular weight is 214 g/mol. The highest BCUT2D eigenvalue weighted by molar-refractivity contribution is 5.57. The van der Waals surface area contributed by atoms with Crippen LogP contribution in [0, 0.1) is 11.3 Å². The Bertz CT molecular complexity index is 420. The number of hydrogen-bond acceptors (Lipinski definition) is 3. The maximum atomic E-state index is 8.92. The molecule has 0 radical (unpaired) electrons. The van der Waals surface area contributed by atoms with Gasteiger partial charge in [0.1, 0.15) is 12.2 Å². The van der Waals surface area contributed by atoms with Gasteiger partial charge in [-0.1, -0.05) is 12.1 Å². The molecule has 1 aliphatic rings. The monoisotopic (exact) mass is 214 g/mol. The van der Waals surface area contributed by atoms with Crippen LogP contribution in [0.25, 0.3) is 0 Å². The fourth-order valence-electron chi connectivity index (χ4n) is 1.69. The molecule has 1 aliphatic heterocycles. The van der Waals surface area contributed by atoms with Gasteiger partial charge in [0.15, 0.2) is 0 Å². The van der Waals surface area contributed by atoms with Crippen LogP contribution in [-0.2, 0) is 4.74 Å². The highest BCUT2D eigenvalue weighted by Crippen LogP contribution is 2.15. The molecular weight excluding hydrogens is 200 g/mol. The van der Waals surface area contributed by atoms with Crippen molar-refractivity contribution in [1.29, 1.82) is 5.26 Å². The van der Waals surface area contributed by atoms with Crippen molar-refractivity contribution in [3.63, 3.8) is 0 Å². The molecule has 1 N–H and O–H groups in total. The van der Waals surface area contributed by atoms with Crippen LogP contribution in [0.2, 0.25) is 0 Å². The number of benzene rings is 1. The van der Waals surface area contributed by atoms with Gasteiger partial charge >= 0.3 is 0 Å². The Hall–Kier alpha value is -1.95. The topological polar surface area (TPSA) is 45.0 Å². The number of allylic oxidation sites excluding steroid dienone is 1. The first-order valence-electron chi connectivity index (χ1n) is 5.43. The van der Waals surface area contributed by atoms with Crippen LogP contribution in [0.4, 0.5) is 5.69 Å². The van der Waals surface area contributed by atoms with E-state index in [0.29, 0.717) is 5.56 Å². The van der Waals surface area contributed by atoms with Crippen molar-refractivity contribution >= 4 is 5.69 Å². The Labute approximate surface area is 95.3 Å². The lowest BCUT2D eigenvalue weighted by molar-refractivity contribution is 0.135. The molecule has 1 aromatic rings. The molecule has 0 fully saturated rings. The molecule has 1 heterocycles. The minimum atomic E-state index is 0.205. The Morgan fingerprint density at radius 3 is 3.06 bits per heavy atom. The Kier molecular flexibility index (Phi) is 3.45. The zero-order valence-electron chi connectivity index (χ0n) is 9.02. The molecule has 0 aliphatic carbocycles. The molecular formula is C13H14N2O. The van der Waals surface area contributed by atoms with Gasteiger partial charge in [-0.05, 0) is 31.1 Å². The second kappa shape index (κ2) is 5.22. The molecule has 3 heteroatoms. The summed E-state index contributed by atoms with van der Waals surface area (Å²) in [6, 6.07) is 9.68. The van der Waals surface area contributed by atoms with Crippen molar-refractivity contribution in [2.75, 3.05) is 11.9 Å². The summed E-state index contributed by atoms with van der Waals surface area (Å²) in [6.45, 7) is 0.739. The minimum Gasteiger partial charge on any atom is -0.497 e. The third kappa shape index (κ3) is 2.54. The lowest BCUT2D eigenvalue weighted by Crippen LogP contribution is -2.23. The number of nitrogens with one attached hydrogen (secondary N) is 1. The van der Waals surface area contributed by atoms with E-state index in [9.17, 15) is 0 Å². The number of nitriles is 1. The number of anilines is 1. The largest absolute Gasteiger partial charge is 0.497 e. The zero-order chi connectivity index (χ0) is 11.2. The van der Waals surface area contributed by atoms with E-state index in [1.807, 2.05) is 30.3 Å². The minimum absolute atomic E-state index is 0.205. The summed E-state index contributed by atoms with van der Waals surface area (Å²) in [6.07, 6.45) is 6.08. The van der Waals surface area contributed by atoms with Gasteiger partial charge in [0, 0.05) is 0 Å². The lowest BCUT2D eigenvalue weighted by Gasteiger charge is -2.20. The van der Waals surface area contributed by atoms with Gasteiger partial charge in [-0.25, -0.2) is 0 Å². The van der Waals surface area contributed by atoms with Gasteiger partial charge in [-0.3, -0.25) is 0 Å². The van der Waals surface area contributed by atoms with Crippen molar-refractivity contribution in [3.8, 4) is 6.07 Å². The SMILES string of the molecule is N#Cc1ccccc1NCC1CCC=CO1. The smallest absolute Gasteiger partial charge is 0.115 e. The molecule has 0 amide bonds. The van der Waals surface area contributed by atoms with E-state index < -0.39 is 0 Å². The fraction of sp³-hybridized carbons (Fsp3) is 0.308. The maximum Gasteiger partial charge on any atom is 0.115 e. The summed E-state index contributed by atoms with van der Waals surface area (Å²) in [5.41, 5.74) is 1.55. The first-order chi connectivity index (χ1) is 7.90. The van der Waals surface area contributed by atoms with Gasteiger partial charge in [0.05, 0.1) is 24.1 Å². The van der Waals surface area contributed by atoms with Crippen LogP contribution in [0.1, 0.15) is 18.4 Å². The first-order valence-corrected chi connectivity index (χ1v) is 5.43. The van der Waals surface area contributed by atoms with Crippen LogP contribution in [0.3, 0.4) is 0 Å². The molecule has 1 unspecified atom stereocenters. The van der Waals surface area contributed by atoms with Crippen LogP contribution < -0.4 is 5.32 Å². The van der Waals surface area contributed by atoms with Crippen molar-refractivity contribution in [2.45, 2.75) is 18.9 Å². The molecule has 1 aromatic carbocycles. The molecule has 3 nitrogen and oxygen atoms in total. The summed E-state index contributed by atoms with van der Waals surface area (Å²) in [5, 5.41) is 12.2. The average Bonchev–Trinajstić information content (AvgIpc) is 2.38. The zero-order valence-corrected chi connectivity index (χ0v) is 9.02. The quantitative estimate of drug-likeness (QED) is 0.841. The molecule has 0 saturated carbocycles. The van der Waals surface area contributed by atoms with Crippen LogP contribution in [0.5, 0.6) is 0 Å². The van der Waals surface area contributed by atoms with Crippen molar-refractivity contribution in [2.24, 2.45) is 0 Å². The van der Waals surface area contributed by atoms with Gasteiger partial charge in [0.25, 0.3) is 0 Å². The fourth-order valence-corrected chi connectivity index (χ4v) is 1.69. The first kappa shape index (κ1) is 10.6. The van der Waals surface area contributed by atoms with Gasteiger partial charge in [-0.15, -0.1) is 0 Å². The molecule has 82 valence electrons. The summed E-state index contributed by atoms with van der Waals surface area (Å²) in [5.74, 6) is 0. The van der Waals surface area contributed by atoms with Crippen molar-refractivity contribution in [3.05, 3.63) is 42.2 Å². The highest BCUT2D eigenvalue weighted by atomic mass is 16.5. The number of nitrogens with zero attached hydrogens (tertiary/aromatic N) is 1. The molecule has 2 rings (SSSR count). The Morgan fingerprint density at radius 1 is 1.44 bits per heavy atom. The van der Waals surface area contributed by atoms with Crippen molar-refractivity contribution in [1.82, 2.24) is 0 Å². The summed E-state index contributed by atoms with van der Waals surface area (Å²) in [4.78, 5) is 0. The number of rotatable bonds is 3. The van der Waals surface area contributed by atoms with E-state index in [1.54, 1.807) is 6.26 Å². The van der Waals surface area contributed by atoms with Gasteiger partial charge in [0.2, 0.25) is 0 Å². The second-order valence-electron chi connectivity index (χ2n) is 3.75. The third-order valence-corrected chi connectivity index (χ3v) is 2.59. The van der Waals surface area contributed by atoms with E-state index in [4.69, 9.17) is 10.00 Å². The molecule has 0 bridgehead atoms. The standard InChI is InChI=1S/C13H14N2O/c14-9-11-5-1-2-7-13(11)15-10-12-6-3-4-8-16-12/h1-2,4-5,7-8,12,15H,3,6,10H2. The summed E-state index contributed by atoms with van der Waals surface area (Å²) < 4.78 is 5.45. The number of para-hydroxylation sites is 1. The summed E-state index contributed by atoms with van der Waals surface area (Å²) >= 11 is 0. The van der Waals surface area contributed by atoms with Gasteiger partial charge < -0.3 is 10.1 Å². The van der Waals surface area contributed by atoms with Crippen LogP contribution in [-0.4, -0.2) is 12.6 Å². The number of hydrogen-bond donors (Lipinski definition) is 1. The molecule has 0 aromatic heterocycles. The van der Waals surface area contributed by atoms with E-state index in [1.165, 1.54) is 0 Å². The third-order valence-electron chi connectivity index (χ3n) is 2.59. The van der Waals surface area contributed by atoms with Crippen LogP contribution in [0.15, 0.2) is 36.6 Å². The second-order valence-corrected chi connectivity index (χ2v) is 3.75.